The van der Waals surface area contributed by atoms with Crippen LogP contribution in [0.5, 0.6) is 0 Å². The van der Waals surface area contributed by atoms with Gasteiger partial charge < -0.3 is 4.90 Å². The van der Waals surface area contributed by atoms with Crippen LogP contribution in [0.15, 0.2) is 31.0 Å². The van der Waals surface area contributed by atoms with Crippen molar-refractivity contribution in [1.82, 2.24) is 4.98 Å². The average Bonchev–Trinajstić information content (AvgIpc) is 2.29. The van der Waals surface area contributed by atoms with Gasteiger partial charge in [-0.1, -0.05) is 6.08 Å². The molecule has 0 aliphatic carbocycles. The predicted molar refractivity (Wildman–Crippen MR) is 62.3 cm³/mol. The first-order valence-electron chi connectivity index (χ1n) is 5.01. The van der Waals surface area contributed by atoms with Crippen molar-refractivity contribution in [1.29, 1.82) is 0 Å². The van der Waals surface area contributed by atoms with E-state index in [1.54, 1.807) is 12.3 Å². The Morgan fingerprint density at radius 1 is 1.53 bits per heavy atom. The molecule has 0 aliphatic rings. The number of pyridine rings is 1. The number of aromatic nitrogens is 1. The Hall–Kier alpha value is -1.64. The van der Waals surface area contributed by atoms with Crippen LogP contribution >= 0.6 is 0 Å². The molecule has 0 saturated heterocycles. The Morgan fingerprint density at radius 3 is 2.87 bits per heavy atom. The number of nitrogens with zero attached hydrogens (tertiary/aromatic N) is 2. The summed E-state index contributed by atoms with van der Waals surface area (Å²) in [5, 5.41) is 0. The molecule has 15 heavy (non-hydrogen) atoms. The Balaban J connectivity index is 2.53. The molecule has 0 radical (unpaired) electrons. The lowest BCUT2D eigenvalue weighted by molar-refractivity contribution is 0.112. The van der Waals surface area contributed by atoms with Crippen LogP contribution in [0.25, 0.3) is 0 Å². The maximum atomic E-state index is 10.4. The molecule has 0 amide bonds. The summed E-state index contributed by atoms with van der Waals surface area (Å²) < 4.78 is 0. The fraction of sp³-hybridized carbons (Fsp3) is 0.333. The molecule has 1 heterocycles. The third kappa shape index (κ3) is 3.54. The Bertz CT molecular complexity index is 319. The van der Waals surface area contributed by atoms with Crippen molar-refractivity contribution in [3.05, 3.63) is 36.5 Å². The molecule has 1 rings (SSSR count). The number of aldehydes is 1. The van der Waals surface area contributed by atoms with E-state index in [2.05, 4.69) is 16.5 Å². The maximum Gasteiger partial charge on any atom is 0.151 e. The molecule has 3 heteroatoms. The number of anilines is 1. The second-order valence-electron chi connectivity index (χ2n) is 3.42. The molecule has 1 aromatic heterocycles. The van der Waals surface area contributed by atoms with E-state index in [-0.39, 0.29) is 0 Å². The van der Waals surface area contributed by atoms with Crippen LogP contribution in [0.1, 0.15) is 23.2 Å². The van der Waals surface area contributed by atoms with Crippen LogP contribution in [-0.4, -0.2) is 24.9 Å². The van der Waals surface area contributed by atoms with Crippen molar-refractivity contribution in [2.24, 2.45) is 0 Å². The van der Waals surface area contributed by atoms with Gasteiger partial charge in [0, 0.05) is 25.4 Å². The molecule has 0 saturated carbocycles. The molecular formula is C12H16N2O. The van der Waals surface area contributed by atoms with Crippen LogP contribution in [0.4, 0.5) is 5.82 Å². The van der Waals surface area contributed by atoms with Crippen LogP contribution < -0.4 is 4.90 Å². The zero-order valence-electron chi connectivity index (χ0n) is 9.02. The number of hydrogen-bond donors (Lipinski definition) is 0. The first-order valence-corrected chi connectivity index (χ1v) is 5.01. The molecule has 1 aromatic rings. The monoisotopic (exact) mass is 204 g/mol. The van der Waals surface area contributed by atoms with Crippen molar-refractivity contribution in [2.75, 3.05) is 18.5 Å². The van der Waals surface area contributed by atoms with Gasteiger partial charge in [0.15, 0.2) is 6.29 Å². The van der Waals surface area contributed by atoms with E-state index in [1.165, 1.54) is 0 Å². The molecule has 0 N–H and O–H groups in total. The largest absolute Gasteiger partial charge is 0.360 e. The molecule has 80 valence electrons. The van der Waals surface area contributed by atoms with Gasteiger partial charge in [0.05, 0.1) is 0 Å². The minimum Gasteiger partial charge on any atom is -0.360 e. The summed E-state index contributed by atoms with van der Waals surface area (Å²) in [7, 11) is 1.99. The minimum atomic E-state index is 0.609. The second-order valence-corrected chi connectivity index (χ2v) is 3.42. The molecule has 0 fully saturated rings. The van der Waals surface area contributed by atoms with E-state index < -0.39 is 0 Å². The van der Waals surface area contributed by atoms with E-state index in [9.17, 15) is 4.79 Å². The quantitative estimate of drug-likeness (QED) is 0.405. The van der Waals surface area contributed by atoms with E-state index in [0.717, 1.165) is 31.5 Å². The Kier molecular flexibility index (Phi) is 4.54. The number of rotatable bonds is 6. The van der Waals surface area contributed by atoms with Gasteiger partial charge in [0.1, 0.15) is 5.82 Å². The van der Waals surface area contributed by atoms with Gasteiger partial charge in [-0.3, -0.25) is 4.79 Å². The number of carbonyl (C=O) groups excluding carboxylic acids is 1. The highest BCUT2D eigenvalue weighted by molar-refractivity contribution is 5.74. The van der Waals surface area contributed by atoms with Gasteiger partial charge in [-0.15, -0.1) is 6.58 Å². The van der Waals surface area contributed by atoms with E-state index >= 15 is 0 Å². The summed E-state index contributed by atoms with van der Waals surface area (Å²) in [5.41, 5.74) is 0.609. The lowest BCUT2D eigenvalue weighted by Crippen LogP contribution is -2.19. The number of hydrogen-bond acceptors (Lipinski definition) is 3. The summed E-state index contributed by atoms with van der Waals surface area (Å²) in [6.45, 7) is 4.62. The zero-order valence-corrected chi connectivity index (χ0v) is 9.02. The lowest BCUT2D eigenvalue weighted by Gasteiger charge is -2.17. The maximum absolute atomic E-state index is 10.4. The summed E-state index contributed by atoms with van der Waals surface area (Å²) in [4.78, 5) is 16.7. The Morgan fingerprint density at radius 2 is 2.33 bits per heavy atom. The Labute approximate surface area is 90.4 Å². The minimum absolute atomic E-state index is 0.609. The van der Waals surface area contributed by atoms with Crippen LogP contribution in [0, 0.1) is 0 Å². The highest BCUT2D eigenvalue weighted by Crippen LogP contribution is 2.09. The van der Waals surface area contributed by atoms with Gasteiger partial charge in [0.2, 0.25) is 0 Å². The smallest absolute Gasteiger partial charge is 0.151 e. The molecule has 0 atom stereocenters. The highest BCUT2D eigenvalue weighted by atomic mass is 16.1. The van der Waals surface area contributed by atoms with E-state index in [0.29, 0.717) is 5.56 Å². The standard InChI is InChI=1S/C12H16N2O/c1-3-4-5-8-14(2)12-7-6-11(10-15)9-13-12/h3,6-7,9-10H,1,4-5,8H2,2H3. The van der Waals surface area contributed by atoms with Crippen molar-refractivity contribution in [3.63, 3.8) is 0 Å². The number of unbranched alkanes of at least 4 members (excludes halogenated alkanes) is 1. The second kappa shape index (κ2) is 5.96. The van der Waals surface area contributed by atoms with Crippen molar-refractivity contribution >= 4 is 12.1 Å². The summed E-state index contributed by atoms with van der Waals surface area (Å²) in [5.74, 6) is 0.893. The molecule has 0 spiro atoms. The molecule has 0 aromatic carbocycles. The van der Waals surface area contributed by atoms with Gasteiger partial charge >= 0.3 is 0 Å². The summed E-state index contributed by atoms with van der Waals surface area (Å²) >= 11 is 0. The van der Waals surface area contributed by atoms with Crippen LogP contribution in [-0.2, 0) is 0 Å². The summed E-state index contributed by atoms with van der Waals surface area (Å²) in [6, 6.07) is 3.64. The third-order valence-corrected chi connectivity index (χ3v) is 2.20. The van der Waals surface area contributed by atoms with Crippen molar-refractivity contribution in [2.45, 2.75) is 12.8 Å². The van der Waals surface area contributed by atoms with Gasteiger partial charge in [-0.2, -0.15) is 0 Å². The molecular weight excluding hydrogens is 188 g/mol. The van der Waals surface area contributed by atoms with Crippen molar-refractivity contribution < 1.29 is 4.79 Å². The van der Waals surface area contributed by atoms with E-state index in [4.69, 9.17) is 0 Å². The first-order chi connectivity index (χ1) is 7.27. The number of allylic oxidation sites excluding steroid dienone is 1. The molecule has 0 unspecified atom stereocenters. The number of carbonyl (C=O) groups is 1. The topological polar surface area (TPSA) is 33.2 Å². The fourth-order valence-corrected chi connectivity index (χ4v) is 1.28. The highest BCUT2D eigenvalue weighted by Gasteiger charge is 2.00. The van der Waals surface area contributed by atoms with Gasteiger partial charge in [0.25, 0.3) is 0 Å². The molecule has 0 aliphatic heterocycles. The average molecular weight is 204 g/mol. The molecule has 0 bridgehead atoms. The normalized spacial score (nSPS) is 9.67. The SMILES string of the molecule is C=CCCCN(C)c1ccc(C=O)cn1. The lowest BCUT2D eigenvalue weighted by atomic mass is 10.3. The van der Waals surface area contributed by atoms with Gasteiger partial charge in [-0.25, -0.2) is 4.98 Å². The van der Waals surface area contributed by atoms with Crippen molar-refractivity contribution in [3.8, 4) is 0 Å². The van der Waals surface area contributed by atoms with Gasteiger partial charge in [-0.05, 0) is 25.0 Å². The van der Waals surface area contributed by atoms with E-state index in [1.807, 2.05) is 19.2 Å². The molecule has 3 nitrogen and oxygen atoms in total. The predicted octanol–water partition coefficient (Wildman–Crippen LogP) is 2.30. The summed E-state index contributed by atoms with van der Waals surface area (Å²) in [6.07, 6.45) is 6.38. The van der Waals surface area contributed by atoms with Crippen LogP contribution in [0.3, 0.4) is 0 Å². The fourth-order valence-electron chi connectivity index (χ4n) is 1.28. The first kappa shape index (κ1) is 11.4. The zero-order chi connectivity index (χ0) is 11.1. The van der Waals surface area contributed by atoms with Crippen LogP contribution in [0.2, 0.25) is 0 Å². The third-order valence-electron chi connectivity index (χ3n) is 2.20.